The number of nitrogens with two attached hydrogens (primary N) is 1. The quantitative estimate of drug-likeness (QED) is 0.109. The Hall–Kier alpha value is -5.03. The molecular formula is C23H24F6N6O6. The highest BCUT2D eigenvalue weighted by molar-refractivity contribution is 5.97. The Morgan fingerprint density at radius 2 is 1.54 bits per heavy atom. The zero-order valence-corrected chi connectivity index (χ0v) is 20.8. The van der Waals surface area contributed by atoms with Crippen LogP contribution >= 0.6 is 0 Å². The number of carbonyl (C=O) groups excluding carboxylic acids is 1. The predicted octanol–water partition coefficient (Wildman–Crippen LogP) is 2.42. The number of alkyl halides is 6. The number of amidine groups is 1. The number of nitrogens with one attached hydrogen (secondary N) is 4. The van der Waals surface area contributed by atoms with Crippen molar-refractivity contribution in [3.63, 3.8) is 0 Å². The van der Waals surface area contributed by atoms with Crippen LogP contribution < -0.4 is 26.4 Å². The third kappa shape index (κ3) is 13.5. The maximum absolute atomic E-state index is 12.2. The molecule has 18 heteroatoms. The smallest absolute Gasteiger partial charge is 0.490 e. The number of guanidine groups is 1. The highest BCUT2D eigenvalue weighted by atomic mass is 19.4. The molecule has 0 radical (unpaired) electrons. The zero-order valence-electron chi connectivity index (χ0n) is 20.8. The maximum atomic E-state index is 12.2. The molecule has 12 nitrogen and oxygen atoms in total. The molecule has 2 aromatic rings. The minimum absolute atomic E-state index is 0.0116. The van der Waals surface area contributed by atoms with Gasteiger partial charge in [0.05, 0.1) is 13.1 Å². The Kier molecular flexibility index (Phi) is 12.9. The number of aliphatic carboxylic acids is 2. The van der Waals surface area contributed by atoms with Crippen LogP contribution in [0.2, 0.25) is 0 Å². The molecule has 0 atom stereocenters. The third-order valence-electron chi connectivity index (χ3n) is 4.37. The molecule has 1 aliphatic heterocycles. The van der Waals surface area contributed by atoms with E-state index in [9.17, 15) is 31.1 Å². The van der Waals surface area contributed by atoms with Gasteiger partial charge in [0.25, 0.3) is 5.91 Å². The van der Waals surface area contributed by atoms with Gasteiger partial charge < -0.3 is 36.6 Å². The van der Waals surface area contributed by atoms with Crippen molar-refractivity contribution in [1.29, 1.82) is 5.41 Å². The van der Waals surface area contributed by atoms with Gasteiger partial charge in [-0.15, -0.1) is 0 Å². The summed E-state index contributed by atoms with van der Waals surface area (Å²) in [6.45, 7) is 2.29. The molecule has 0 saturated carbocycles. The van der Waals surface area contributed by atoms with E-state index in [2.05, 4.69) is 20.9 Å². The Morgan fingerprint density at radius 1 is 0.976 bits per heavy atom. The number of hydrogen-bond acceptors (Lipinski definition) is 8. The lowest BCUT2D eigenvalue weighted by Gasteiger charge is -2.10. The van der Waals surface area contributed by atoms with Gasteiger partial charge in [0.15, 0.2) is 5.96 Å². The van der Waals surface area contributed by atoms with Crippen molar-refractivity contribution in [3.8, 4) is 5.75 Å². The number of amides is 1. The number of carboxylic acid groups (broad SMARTS) is 2. The van der Waals surface area contributed by atoms with E-state index in [1.54, 1.807) is 36.4 Å². The summed E-state index contributed by atoms with van der Waals surface area (Å²) in [4.78, 5) is 34.2. The van der Waals surface area contributed by atoms with Crippen LogP contribution in [0.25, 0.3) is 0 Å². The molecule has 0 saturated heterocycles. The largest absolute Gasteiger partial charge is 0.492 e. The number of anilines is 1. The molecule has 3 rings (SSSR count). The van der Waals surface area contributed by atoms with Crippen molar-refractivity contribution in [2.45, 2.75) is 12.4 Å². The lowest BCUT2D eigenvalue weighted by Crippen LogP contribution is -2.28. The fraction of sp³-hybridized carbons (Fsp3) is 0.261. The van der Waals surface area contributed by atoms with Gasteiger partial charge in [-0.05, 0) is 36.4 Å². The Balaban J connectivity index is 0.000000497. The molecule has 0 aliphatic carbocycles. The topological polar surface area (TPSA) is 199 Å². The van der Waals surface area contributed by atoms with E-state index in [1.165, 1.54) is 0 Å². The molecule has 224 valence electrons. The number of carboxylic acids is 2. The average molecular weight is 594 g/mol. The monoisotopic (exact) mass is 594 g/mol. The first-order valence-corrected chi connectivity index (χ1v) is 11.1. The van der Waals surface area contributed by atoms with Crippen LogP contribution in [-0.2, 0) is 9.59 Å². The number of nitrogens with zero attached hydrogens (tertiary/aromatic N) is 1. The molecular weight excluding hydrogens is 570 g/mol. The predicted molar refractivity (Wildman–Crippen MR) is 133 cm³/mol. The first kappa shape index (κ1) is 34.0. The number of ether oxygens (including phenoxy) is 1. The van der Waals surface area contributed by atoms with Crippen molar-refractivity contribution in [2.24, 2.45) is 10.7 Å². The van der Waals surface area contributed by atoms with E-state index in [0.29, 0.717) is 30.0 Å². The number of carbonyl (C=O) groups is 3. The molecule has 0 fully saturated rings. The molecule has 2 aromatic carbocycles. The van der Waals surface area contributed by atoms with Crippen molar-refractivity contribution in [3.05, 3.63) is 59.7 Å². The van der Waals surface area contributed by atoms with Crippen molar-refractivity contribution < 1.29 is 55.7 Å². The normalized spacial score (nSPS) is 12.2. The first-order chi connectivity index (χ1) is 19.0. The van der Waals surface area contributed by atoms with Gasteiger partial charge in [-0.3, -0.25) is 15.2 Å². The van der Waals surface area contributed by atoms with Gasteiger partial charge in [0, 0.05) is 23.4 Å². The fourth-order valence-electron chi connectivity index (χ4n) is 2.51. The number of aliphatic imine (C=N–C) groups is 1. The number of benzene rings is 2. The minimum Gasteiger partial charge on any atom is -0.492 e. The number of hydrogen-bond donors (Lipinski definition) is 7. The van der Waals surface area contributed by atoms with E-state index in [-0.39, 0.29) is 11.7 Å². The molecule has 0 unspecified atom stereocenters. The van der Waals surface area contributed by atoms with Crippen LogP contribution in [0.1, 0.15) is 15.9 Å². The Morgan fingerprint density at radius 3 is 2.00 bits per heavy atom. The van der Waals surface area contributed by atoms with E-state index >= 15 is 0 Å². The maximum Gasteiger partial charge on any atom is 0.490 e. The first-order valence-electron chi connectivity index (χ1n) is 11.1. The molecule has 0 spiro atoms. The van der Waals surface area contributed by atoms with Gasteiger partial charge in [-0.1, -0.05) is 12.1 Å². The summed E-state index contributed by atoms with van der Waals surface area (Å²) in [6, 6.07) is 14.2. The van der Waals surface area contributed by atoms with Crippen LogP contribution in [0.15, 0.2) is 53.5 Å². The van der Waals surface area contributed by atoms with Crippen molar-refractivity contribution in [1.82, 2.24) is 10.6 Å². The zero-order chi connectivity index (χ0) is 31.2. The second-order valence-electron chi connectivity index (χ2n) is 7.51. The standard InChI is InChI=1S/C19H22N6O2.2C2HF3O2/c20-17(21)14-2-1-3-16(12-14)27-11-10-22-18(26)13-4-6-15(7-5-13)25-19-23-8-9-24-19;2*3-2(4,5)1(6)7/h1-7,12H,8-11H2,(H3,20,21)(H,22,26)(H2,23,24,25);2*(H,6,7). The molecule has 0 bridgehead atoms. The van der Waals surface area contributed by atoms with Crippen molar-refractivity contribution >= 4 is 35.3 Å². The average Bonchev–Trinajstić information content (AvgIpc) is 3.40. The minimum atomic E-state index is -5.08. The fourth-order valence-corrected chi connectivity index (χ4v) is 2.51. The highest BCUT2D eigenvalue weighted by Crippen LogP contribution is 2.14. The van der Waals surface area contributed by atoms with E-state index < -0.39 is 24.3 Å². The molecule has 1 aliphatic rings. The Labute approximate surface area is 227 Å². The molecule has 0 aromatic heterocycles. The van der Waals surface area contributed by atoms with E-state index in [1.807, 2.05) is 12.1 Å². The summed E-state index contributed by atoms with van der Waals surface area (Å²) in [7, 11) is 0. The van der Waals surface area contributed by atoms with Gasteiger partial charge in [0.1, 0.15) is 18.2 Å². The van der Waals surface area contributed by atoms with E-state index in [0.717, 1.165) is 24.7 Å². The number of rotatable bonds is 7. The second-order valence-corrected chi connectivity index (χ2v) is 7.51. The number of nitrogen functional groups attached to an aromatic ring is 1. The lowest BCUT2D eigenvalue weighted by atomic mass is 10.2. The summed E-state index contributed by atoms with van der Waals surface area (Å²) in [5.41, 5.74) is 7.49. The summed E-state index contributed by atoms with van der Waals surface area (Å²) in [5, 5.41) is 30.8. The van der Waals surface area contributed by atoms with Gasteiger partial charge >= 0.3 is 24.3 Å². The van der Waals surface area contributed by atoms with Crippen molar-refractivity contribution in [2.75, 3.05) is 31.6 Å². The van der Waals surface area contributed by atoms with E-state index in [4.69, 9.17) is 35.7 Å². The molecule has 8 N–H and O–H groups in total. The Bertz CT molecular complexity index is 1210. The third-order valence-corrected chi connectivity index (χ3v) is 4.37. The van der Waals surface area contributed by atoms with Crippen LogP contribution in [0.3, 0.4) is 0 Å². The van der Waals surface area contributed by atoms with Crippen LogP contribution in [-0.4, -0.2) is 78.4 Å². The van der Waals surface area contributed by atoms with Crippen LogP contribution in [0, 0.1) is 5.41 Å². The van der Waals surface area contributed by atoms with Gasteiger partial charge in [-0.25, -0.2) is 9.59 Å². The second kappa shape index (κ2) is 15.5. The summed E-state index contributed by atoms with van der Waals surface area (Å²) in [6.07, 6.45) is -10.2. The SMILES string of the molecule is N=C(N)c1cccc(OCCNC(=O)c2ccc(NC3=NCCN3)cc2)c1.O=C(O)C(F)(F)F.O=C(O)C(F)(F)F. The van der Waals surface area contributed by atoms with Crippen LogP contribution in [0.4, 0.5) is 32.0 Å². The van der Waals surface area contributed by atoms with Crippen LogP contribution in [0.5, 0.6) is 5.75 Å². The van der Waals surface area contributed by atoms with Gasteiger partial charge in [0.2, 0.25) is 0 Å². The molecule has 41 heavy (non-hydrogen) atoms. The number of halogens is 6. The summed E-state index contributed by atoms with van der Waals surface area (Å²) in [5.74, 6) is -4.34. The lowest BCUT2D eigenvalue weighted by molar-refractivity contribution is -0.193. The van der Waals surface area contributed by atoms with Gasteiger partial charge in [-0.2, -0.15) is 26.3 Å². The highest BCUT2D eigenvalue weighted by Gasteiger charge is 2.38. The summed E-state index contributed by atoms with van der Waals surface area (Å²) >= 11 is 0. The summed E-state index contributed by atoms with van der Waals surface area (Å²) < 4.78 is 69.1. The molecule has 1 amide bonds. The molecule has 1 heterocycles.